The smallest absolute Gasteiger partial charge is 2.00 e. The van der Waals surface area contributed by atoms with Crippen LogP contribution in [0.25, 0.3) is 0 Å². The summed E-state index contributed by atoms with van der Waals surface area (Å²) < 4.78 is 0. The van der Waals surface area contributed by atoms with Gasteiger partial charge in [-0.05, 0) is 0 Å². The van der Waals surface area contributed by atoms with E-state index in [-0.39, 0.29) is 61.0 Å². The number of hydrogen-bond acceptors (Lipinski definition) is 0. The van der Waals surface area contributed by atoms with E-state index in [1.165, 1.54) is 0 Å². The van der Waals surface area contributed by atoms with Crippen molar-refractivity contribution in [2.24, 2.45) is 0 Å². The third kappa shape index (κ3) is 9.33. The summed E-state index contributed by atoms with van der Waals surface area (Å²) in [6.45, 7) is 0. The van der Waals surface area contributed by atoms with Crippen molar-refractivity contribution in [2.45, 2.75) is 0 Å². The maximum atomic E-state index is 0. The maximum absolute atomic E-state index is 0. The molecule has 0 fully saturated rings. The summed E-state index contributed by atoms with van der Waals surface area (Å²) in [5.74, 6) is 0. The maximum Gasteiger partial charge on any atom is 4.00 e. The SMILES string of the molecule is [Al+3].[Fe+2].[Mo+4].[O-2]. The summed E-state index contributed by atoms with van der Waals surface area (Å²) in [6, 6.07) is 0. The Morgan fingerprint density at radius 2 is 1.00 bits per heavy atom. The third-order valence-electron chi connectivity index (χ3n) is 0. The van der Waals surface area contributed by atoms with E-state index in [4.69, 9.17) is 0 Å². The largest absolute Gasteiger partial charge is 4.00 e. The average molecular weight is 195 g/mol. The summed E-state index contributed by atoms with van der Waals surface area (Å²) in [6.07, 6.45) is 0. The van der Waals surface area contributed by atoms with E-state index in [1.807, 2.05) is 0 Å². The molecule has 1 nitrogen and oxygen atoms in total. The molecule has 0 aromatic heterocycles. The zero-order chi connectivity index (χ0) is 0. The second-order valence-electron chi connectivity index (χ2n) is 0. The van der Waals surface area contributed by atoms with E-state index in [0.29, 0.717) is 0 Å². The molecule has 0 saturated heterocycles. The van der Waals surface area contributed by atoms with Gasteiger partial charge in [-0.25, -0.2) is 0 Å². The molecule has 0 amide bonds. The molecule has 4 heavy (non-hydrogen) atoms. The molecule has 0 aliphatic heterocycles. The molecule has 0 N–H and O–H groups in total. The van der Waals surface area contributed by atoms with Gasteiger partial charge in [-0.1, -0.05) is 0 Å². The molecule has 0 atom stereocenters. The first-order valence-electron chi connectivity index (χ1n) is 0. The summed E-state index contributed by atoms with van der Waals surface area (Å²) in [5, 5.41) is 0. The van der Waals surface area contributed by atoms with Crippen molar-refractivity contribution in [2.75, 3.05) is 0 Å². The van der Waals surface area contributed by atoms with Gasteiger partial charge in [0.2, 0.25) is 0 Å². The van der Waals surface area contributed by atoms with E-state index in [2.05, 4.69) is 0 Å². The second kappa shape index (κ2) is 22.3. The van der Waals surface area contributed by atoms with Gasteiger partial charge in [0.05, 0.1) is 0 Å². The van der Waals surface area contributed by atoms with E-state index < -0.39 is 0 Å². The second-order valence-corrected chi connectivity index (χ2v) is 0. The fraction of sp³-hybridized carbons (Fsp3) is 0. The summed E-state index contributed by atoms with van der Waals surface area (Å²) in [7, 11) is 0. The number of hydrogen-bond donors (Lipinski definition) is 0. The molecule has 0 aliphatic rings. The van der Waals surface area contributed by atoms with Crippen molar-refractivity contribution < 1.29 is 43.6 Å². The Hall–Kier alpha value is 1.70. The van der Waals surface area contributed by atoms with Crippen LogP contribution in [0.3, 0.4) is 0 Å². The van der Waals surface area contributed by atoms with Crippen LogP contribution in [0.4, 0.5) is 0 Å². The molecule has 16 valence electrons. The average Bonchev–Trinajstić information content (AvgIpc) is 0. The molecular weight excluding hydrogens is 195 g/mol. The minimum Gasteiger partial charge on any atom is -2.00 e. The predicted molar refractivity (Wildman–Crippen MR) is 6.44 cm³/mol. The van der Waals surface area contributed by atoms with Crippen molar-refractivity contribution in [1.29, 1.82) is 0 Å². The Labute approximate surface area is 60.7 Å². The van der Waals surface area contributed by atoms with E-state index in [9.17, 15) is 0 Å². The van der Waals surface area contributed by atoms with E-state index in [1.54, 1.807) is 0 Å². The zero-order valence-electron chi connectivity index (χ0n) is 1.75. The van der Waals surface area contributed by atoms with Gasteiger partial charge in [0.15, 0.2) is 0 Å². The Balaban J connectivity index is 0. The molecule has 0 heterocycles. The van der Waals surface area contributed by atoms with Crippen LogP contribution in [-0.4, -0.2) is 17.4 Å². The van der Waals surface area contributed by atoms with Gasteiger partial charge in [0.1, 0.15) is 0 Å². The van der Waals surface area contributed by atoms with Crippen LogP contribution in [0.2, 0.25) is 0 Å². The van der Waals surface area contributed by atoms with Gasteiger partial charge < -0.3 is 5.48 Å². The minimum atomic E-state index is 0. The standard InChI is InChI=1S/Al.Fe.Mo.O/q+3;+2;+4;-2. The third-order valence-corrected chi connectivity index (χ3v) is 0. The molecule has 0 spiro atoms. The van der Waals surface area contributed by atoms with Crippen molar-refractivity contribution in [3.63, 3.8) is 0 Å². The van der Waals surface area contributed by atoms with Gasteiger partial charge in [-0.3, -0.25) is 0 Å². The molecule has 0 bridgehead atoms. The topological polar surface area (TPSA) is 28.5 Å². The van der Waals surface area contributed by atoms with Crippen molar-refractivity contribution >= 4 is 17.4 Å². The predicted octanol–water partition coefficient (Wildman–Crippen LogP) is -0.505. The summed E-state index contributed by atoms with van der Waals surface area (Å²) in [4.78, 5) is 0. The first kappa shape index (κ1) is 43.6. The normalized spacial score (nSPS) is 0. The summed E-state index contributed by atoms with van der Waals surface area (Å²) in [5.41, 5.74) is 0. The van der Waals surface area contributed by atoms with Crippen LogP contribution < -0.4 is 0 Å². The quantitative estimate of drug-likeness (QED) is 0.466. The summed E-state index contributed by atoms with van der Waals surface area (Å²) >= 11 is 0. The van der Waals surface area contributed by atoms with Crippen molar-refractivity contribution in [1.82, 2.24) is 0 Å². The van der Waals surface area contributed by atoms with Crippen LogP contribution in [0.15, 0.2) is 0 Å². The van der Waals surface area contributed by atoms with Crippen molar-refractivity contribution in [3.8, 4) is 0 Å². The first-order chi connectivity index (χ1) is 0. The fourth-order valence-corrected chi connectivity index (χ4v) is 0. The molecule has 0 saturated carbocycles. The Morgan fingerprint density at radius 1 is 1.00 bits per heavy atom. The molecule has 0 aromatic carbocycles. The van der Waals surface area contributed by atoms with Gasteiger partial charge in [0.25, 0.3) is 0 Å². The molecule has 0 aromatic rings. The van der Waals surface area contributed by atoms with Gasteiger partial charge in [-0.2, -0.15) is 0 Å². The van der Waals surface area contributed by atoms with Crippen LogP contribution in [0.1, 0.15) is 0 Å². The fourth-order valence-electron chi connectivity index (χ4n) is 0. The Bertz CT molecular complexity index is 8.00. The Morgan fingerprint density at radius 3 is 1.00 bits per heavy atom. The molecule has 0 unspecified atom stereocenters. The first-order valence-corrected chi connectivity index (χ1v) is 0. The minimum absolute atomic E-state index is 0. The number of rotatable bonds is 0. The van der Waals surface area contributed by atoms with Gasteiger partial charge >= 0.3 is 55.5 Å². The Kier molecular flexibility index (Phi) is 242. The van der Waals surface area contributed by atoms with E-state index >= 15 is 0 Å². The van der Waals surface area contributed by atoms with Gasteiger partial charge in [0, 0.05) is 0 Å². The molecular formula is AlFeMoO+7. The monoisotopic (exact) mass is 197 g/mol. The van der Waals surface area contributed by atoms with Crippen LogP contribution >= 0.6 is 0 Å². The molecule has 0 aliphatic carbocycles. The zero-order valence-corrected chi connectivity index (χ0v) is 6.01. The molecule has 4 heteroatoms. The van der Waals surface area contributed by atoms with Crippen LogP contribution in [0, 0.1) is 0 Å². The van der Waals surface area contributed by atoms with Crippen molar-refractivity contribution in [3.05, 3.63) is 0 Å². The molecule has 0 radical (unpaired) electrons. The van der Waals surface area contributed by atoms with Crippen LogP contribution in [-0.2, 0) is 43.6 Å². The molecule has 0 rings (SSSR count). The van der Waals surface area contributed by atoms with E-state index in [0.717, 1.165) is 0 Å². The van der Waals surface area contributed by atoms with Crippen LogP contribution in [0.5, 0.6) is 0 Å². The van der Waals surface area contributed by atoms with Gasteiger partial charge in [-0.15, -0.1) is 0 Å².